The fourth-order valence-electron chi connectivity index (χ4n) is 3.57. The van der Waals surface area contributed by atoms with E-state index in [9.17, 15) is 4.79 Å². The van der Waals surface area contributed by atoms with Crippen molar-refractivity contribution in [2.45, 2.75) is 12.6 Å². The molecule has 0 saturated carbocycles. The number of rotatable bonds is 5. The number of carbonyl (C=O) groups is 1. The van der Waals surface area contributed by atoms with Gasteiger partial charge in [0.2, 0.25) is 5.91 Å². The number of para-hydroxylation sites is 4. The zero-order valence-corrected chi connectivity index (χ0v) is 17.2. The first-order chi connectivity index (χ1) is 14.7. The zero-order valence-electron chi connectivity index (χ0n) is 16.4. The number of nitrogens with zero attached hydrogens (tertiary/aromatic N) is 4. The molecule has 0 saturated heterocycles. The van der Waals surface area contributed by atoms with E-state index in [4.69, 9.17) is 14.5 Å². The molecule has 1 unspecified atom stereocenters. The molecule has 8 heteroatoms. The SMILES string of the molecule is CN(CC1COc2ccccc2O1)C(=O)Cn1c(-c2cscn2)nc2ccccc21. The second kappa shape index (κ2) is 7.79. The highest BCUT2D eigenvalue weighted by molar-refractivity contribution is 7.07. The van der Waals surface area contributed by atoms with Gasteiger partial charge in [0, 0.05) is 12.4 Å². The van der Waals surface area contributed by atoms with Gasteiger partial charge in [-0.1, -0.05) is 24.3 Å². The monoisotopic (exact) mass is 420 g/mol. The van der Waals surface area contributed by atoms with Crippen LogP contribution in [0.3, 0.4) is 0 Å². The number of hydrogen-bond donors (Lipinski definition) is 0. The van der Waals surface area contributed by atoms with Gasteiger partial charge in [-0.05, 0) is 24.3 Å². The number of fused-ring (bicyclic) bond motifs is 2. The molecule has 3 heterocycles. The maximum atomic E-state index is 13.1. The maximum Gasteiger partial charge on any atom is 0.242 e. The van der Waals surface area contributed by atoms with Crippen LogP contribution in [-0.4, -0.2) is 51.6 Å². The largest absolute Gasteiger partial charge is 0.486 e. The third-order valence-electron chi connectivity index (χ3n) is 5.08. The van der Waals surface area contributed by atoms with Crippen LogP contribution in [0.5, 0.6) is 11.5 Å². The minimum Gasteiger partial charge on any atom is -0.486 e. The molecular formula is C22H20N4O3S. The Morgan fingerprint density at radius 3 is 2.83 bits per heavy atom. The Kier molecular flexibility index (Phi) is 4.84. The van der Waals surface area contributed by atoms with Gasteiger partial charge in [0.05, 0.1) is 23.1 Å². The van der Waals surface area contributed by atoms with Gasteiger partial charge in [-0.3, -0.25) is 4.79 Å². The van der Waals surface area contributed by atoms with Gasteiger partial charge in [0.1, 0.15) is 18.8 Å². The Balaban J connectivity index is 1.34. The predicted octanol–water partition coefficient (Wildman–Crippen LogP) is 3.46. The highest BCUT2D eigenvalue weighted by atomic mass is 32.1. The Morgan fingerprint density at radius 2 is 2.00 bits per heavy atom. The Bertz CT molecular complexity index is 1190. The van der Waals surface area contributed by atoms with Crippen LogP contribution in [0, 0.1) is 0 Å². The van der Waals surface area contributed by atoms with Crippen LogP contribution in [0.15, 0.2) is 59.4 Å². The van der Waals surface area contributed by atoms with Crippen LogP contribution in [0.25, 0.3) is 22.6 Å². The van der Waals surface area contributed by atoms with E-state index in [1.165, 1.54) is 11.3 Å². The Hall–Kier alpha value is -3.39. The molecule has 1 aliphatic heterocycles. The van der Waals surface area contributed by atoms with Gasteiger partial charge in [0.15, 0.2) is 23.4 Å². The van der Waals surface area contributed by atoms with E-state index in [0.717, 1.165) is 22.5 Å². The molecule has 0 bridgehead atoms. The standard InChI is InChI=1S/C22H20N4O3S/c1-25(10-15-12-28-19-8-4-5-9-20(19)29-15)21(27)11-26-18-7-3-2-6-16(18)24-22(26)17-13-30-14-23-17/h2-9,13-15H,10-12H2,1H3. The van der Waals surface area contributed by atoms with E-state index < -0.39 is 0 Å². The lowest BCUT2D eigenvalue weighted by atomic mass is 10.2. The number of amides is 1. The highest BCUT2D eigenvalue weighted by Crippen LogP contribution is 2.31. The lowest BCUT2D eigenvalue weighted by molar-refractivity contribution is -0.131. The predicted molar refractivity (Wildman–Crippen MR) is 115 cm³/mol. The molecule has 1 atom stereocenters. The summed E-state index contributed by atoms with van der Waals surface area (Å²) in [5.41, 5.74) is 4.29. The molecule has 2 aromatic carbocycles. The summed E-state index contributed by atoms with van der Waals surface area (Å²) in [6, 6.07) is 15.4. The lowest BCUT2D eigenvalue weighted by Crippen LogP contribution is -2.42. The van der Waals surface area contributed by atoms with E-state index in [2.05, 4.69) is 4.98 Å². The van der Waals surface area contributed by atoms with Crippen molar-refractivity contribution in [3.63, 3.8) is 0 Å². The smallest absolute Gasteiger partial charge is 0.242 e. The molecule has 0 radical (unpaired) electrons. The van der Waals surface area contributed by atoms with Crippen molar-refractivity contribution in [3.05, 3.63) is 59.4 Å². The van der Waals surface area contributed by atoms with Gasteiger partial charge < -0.3 is 18.9 Å². The second-order valence-corrected chi connectivity index (χ2v) is 7.87. The summed E-state index contributed by atoms with van der Waals surface area (Å²) in [6.07, 6.45) is -0.216. The summed E-state index contributed by atoms with van der Waals surface area (Å²) in [5, 5.41) is 1.94. The molecule has 30 heavy (non-hydrogen) atoms. The van der Waals surface area contributed by atoms with Gasteiger partial charge in [-0.2, -0.15) is 0 Å². The number of carbonyl (C=O) groups excluding carboxylic acids is 1. The average Bonchev–Trinajstić information content (AvgIpc) is 3.42. The van der Waals surface area contributed by atoms with E-state index >= 15 is 0 Å². The topological polar surface area (TPSA) is 69.5 Å². The van der Waals surface area contributed by atoms with Gasteiger partial charge >= 0.3 is 0 Å². The fourth-order valence-corrected chi connectivity index (χ4v) is 4.10. The van der Waals surface area contributed by atoms with E-state index in [1.54, 1.807) is 17.5 Å². The minimum absolute atomic E-state index is 0.0305. The van der Waals surface area contributed by atoms with Crippen molar-refractivity contribution in [2.75, 3.05) is 20.2 Å². The van der Waals surface area contributed by atoms with Crippen LogP contribution < -0.4 is 9.47 Å². The van der Waals surface area contributed by atoms with Crippen LogP contribution >= 0.6 is 11.3 Å². The average molecular weight is 420 g/mol. The van der Waals surface area contributed by atoms with Crippen molar-refractivity contribution in [1.29, 1.82) is 0 Å². The molecule has 2 aromatic heterocycles. The van der Waals surface area contributed by atoms with Gasteiger partial charge in [-0.15, -0.1) is 11.3 Å². The van der Waals surface area contributed by atoms with Crippen molar-refractivity contribution in [2.24, 2.45) is 0 Å². The van der Waals surface area contributed by atoms with E-state index in [-0.39, 0.29) is 18.6 Å². The summed E-state index contributed by atoms with van der Waals surface area (Å²) in [7, 11) is 1.79. The van der Waals surface area contributed by atoms with E-state index in [1.807, 2.05) is 58.5 Å². The number of thiazole rings is 1. The third kappa shape index (κ3) is 3.50. The number of likely N-dealkylation sites (N-methyl/N-ethyl adjacent to an activating group) is 1. The summed E-state index contributed by atoms with van der Waals surface area (Å²) < 4.78 is 13.7. The van der Waals surface area contributed by atoms with Crippen LogP contribution in [0.4, 0.5) is 0 Å². The number of ether oxygens (including phenoxy) is 2. The minimum atomic E-state index is -0.216. The molecule has 152 valence electrons. The molecule has 7 nitrogen and oxygen atoms in total. The molecular weight excluding hydrogens is 400 g/mol. The molecule has 1 amide bonds. The zero-order chi connectivity index (χ0) is 20.5. The van der Waals surface area contributed by atoms with Gasteiger partial charge in [-0.25, -0.2) is 9.97 Å². The summed E-state index contributed by atoms with van der Waals surface area (Å²) in [6.45, 7) is 1.02. The van der Waals surface area contributed by atoms with E-state index in [0.29, 0.717) is 24.7 Å². The normalized spacial score (nSPS) is 15.3. The van der Waals surface area contributed by atoms with Crippen LogP contribution in [0.1, 0.15) is 0 Å². The molecule has 0 spiro atoms. The first kappa shape index (κ1) is 18.6. The van der Waals surface area contributed by atoms with Crippen molar-refractivity contribution < 1.29 is 14.3 Å². The quantitative estimate of drug-likeness (QED) is 0.495. The number of imidazole rings is 1. The third-order valence-corrected chi connectivity index (χ3v) is 5.67. The number of hydrogen-bond acceptors (Lipinski definition) is 6. The fraction of sp³-hybridized carbons (Fsp3) is 0.227. The summed E-state index contributed by atoms with van der Waals surface area (Å²) in [4.78, 5) is 23.8. The van der Waals surface area contributed by atoms with Crippen LogP contribution in [-0.2, 0) is 11.3 Å². The molecule has 0 fully saturated rings. The first-order valence-corrected chi connectivity index (χ1v) is 10.6. The first-order valence-electron chi connectivity index (χ1n) is 9.65. The number of benzene rings is 2. The lowest BCUT2D eigenvalue weighted by Gasteiger charge is -2.29. The van der Waals surface area contributed by atoms with Gasteiger partial charge in [0.25, 0.3) is 0 Å². The van der Waals surface area contributed by atoms with Crippen molar-refractivity contribution >= 4 is 28.3 Å². The summed E-state index contributed by atoms with van der Waals surface area (Å²) in [5.74, 6) is 2.11. The molecule has 5 rings (SSSR count). The molecule has 0 aliphatic carbocycles. The number of aromatic nitrogens is 3. The molecule has 1 aliphatic rings. The van der Waals surface area contributed by atoms with Crippen molar-refractivity contribution in [1.82, 2.24) is 19.4 Å². The maximum absolute atomic E-state index is 13.1. The second-order valence-electron chi connectivity index (χ2n) is 7.16. The molecule has 0 N–H and O–H groups in total. The Morgan fingerprint density at radius 1 is 1.20 bits per heavy atom. The van der Waals surface area contributed by atoms with Crippen molar-refractivity contribution in [3.8, 4) is 23.0 Å². The van der Waals surface area contributed by atoms with Crippen LogP contribution in [0.2, 0.25) is 0 Å². The highest BCUT2D eigenvalue weighted by Gasteiger charge is 2.25. The summed E-state index contributed by atoms with van der Waals surface area (Å²) >= 11 is 1.51. The Labute approximate surface area is 177 Å². The molecule has 4 aromatic rings.